The molecule has 0 atom stereocenters. The van der Waals surface area contributed by atoms with Gasteiger partial charge in [0.2, 0.25) is 5.91 Å². The molecule has 2 aromatic rings. The van der Waals surface area contributed by atoms with E-state index in [1.807, 2.05) is 0 Å². The van der Waals surface area contributed by atoms with Crippen LogP contribution in [-0.2, 0) is 11.3 Å². The summed E-state index contributed by atoms with van der Waals surface area (Å²) >= 11 is 0. The van der Waals surface area contributed by atoms with Crippen LogP contribution >= 0.6 is 0 Å². The molecule has 0 saturated heterocycles. The van der Waals surface area contributed by atoms with Crippen molar-refractivity contribution >= 4 is 17.4 Å². The average Bonchev–Trinajstić information content (AvgIpc) is 2.75. The van der Waals surface area contributed by atoms with Crippen LogP contribution in [-0.4, -0.2) is 22.1 Å². The molecule has 1 heterocycles. The minimum atomic E-state index is -4.75. The van der Waals surface area contributed by atoms with Crippen LogP contribution < -0.4 is 15.8 Å². The van der Waals surface area contributed by atoms with Crippen LogP contribution in [0.25, 0.3) is 0 Å². The van der Waals surface area contributed by atoms with Gasteiger partial charge in [0.1, 0.15) is 18.1 Å². The molecule has 112 valence electrons. The summed E-state index contributed by atoms with van der Waals surface area (Å²) in [5.41, 5.74) is 5.75. The molecule has 1 aromatic heterocycles. The number of nitrogens with zero attached hydrogens (tertiary/aromatic N) is 2. The lowest BCUT2D eigenvalue weighted by Gasteiger charge is -2.10. The lowest BCUT2D eigenvalue weighted by molar-refractivity contribution is -0.274. The van der Waals surface area contributed by atoms with Crippen molar-refractivity contribution in [2.24, 2.45) is 0 Å². The topological polar surface area (TPSA) is 82.2 Å². The first-order chi connectivity index (χ1) is 9.82. The third-order valence-electron chi connectivity index (χ3n) is 2.34. The number of carbonyl (C=O) groups is 1. The molecule has 6 nitrogen and oxygen atoms in total. The molecule has 3 N–H and O–H groups in total. The van der Waals surface area contributed by atoms with Gasteiger partial charge in [0.15, 0.2) is 0 Å². The van der Waals surface area contributed by atoms with Gasteiger partial charge in [-0.05, 0) is 30.3 Å². The van der Waals surface area contributed by atoms with Gasteiger partial charge in [0.05, 0.1) is 0 Å². The van der Waals surface area contributed by atoms with Crippen molar-refractivity contribution in [3.8, 4) is 5.75 Å². The van der Waals surface area contributed by atoms with Gasteiger partial charge < -0.3 is 15.8 Å². The highest BCUT2D eigenvalue weighted by Crippen LogP contribution is 2.23. The summed E-state index contributed by atoms with van der Waals surface area (Å²) in [5.74, 6) is -0.459. The van der Waals surface area contributed by atoms with Crippen molar-refractivity contribution in [3.05, 3.63) is 36.5 Å². The van der Waals surface area contributed by atoms with E-state index in [4.69, 9.17) is 5.73 Å². The lowest BCUT2D eigenvalue weighted by Crippen LogP contribution is -2.19. The molecule has 0 spiro atoms. The quantitative estimate of drug-likeness (QED) is 0.905. The Bertz CT molecular complexity index is 622. The van der Waals surface area contributed by atoms with Crippen LogP contribution in [0, 0.1) is 0 Å². The minimum absolute atomic E-state index is 0.0575. The molecule has 0 radical (unpaired) electrons. The van der Waals surface area contributed by atoms with E-state index < -0.39 is 6.36 Å². The summed E-state index contributed by atoms with van der Waals surface area (Å²) < 4.78 is 41.0. The predicted octanol–water partition coefficient (Wildman–Crippen LogP) is 2.00. The largest absolute Gasteiger partial charge is 0.573 e. The summed E-state index contributed by atoms with van der Waals surface area (Å²) in [4.78, 5) is 11.7. The molecule has 0 aliphatic heterocycles. The van der Waals surface area contributed by atoms with Crippen molar-refractivity contribution in [1.29, 1.82) is 0 Å². The van der Waals surface area contributed by atoms with E-state index in [9.17, 15) is 18.0 Å². The number of benzene rings is 1. The number of nitrogens with two attached hydrogens (primary N) is 1. The zero-order valence-corrected chi connectivity index (χ0v) is 10.6. The second-order valence-corrected chi connectivity index (χ2v) is 4.06. The van der Waals surface area contributed by atoms with Crippen molar-refractivity contribution in [2.45, 2.75) is 12.9 Å². The Balaban J connectivity index is 1.92. The Morgan fingerprint density at radius 1 is 1.29 bits per heavy atom. The highest BCUT2D eigenvalue weighted by Gasteiger charge is 2.30. The van der Waals surface area contributed by atoms with E-state index in [2.05, 4.69) is 15.2 Å². The number of hydrogen-bond acceptors (Lipinski definition) is 4. The molecule has 0 aliphatic rings. The zero-order chi connectivity index (χ0) is 15.5. The average molecular weight is 300 g/mol. The smallest absolute Gasteiger partial charge is 0.406 e. The summed E-state index contributed by atoms with van der Waals surface area (Å²) in [6.07, 6.45) is -3.21. The monoisotopic (exact) mass is 300 g/mol. The Morgan fingerprint density at radius 2 is 1.95 bits per heavy atom. The Morgan fingerprint density at radius 3 is 2.48 bits per heavy atom. The highest BCUT2D eigenvalue weighted by molar-refractivity contribution is 5.90. The first-order valence-corrected chi connectivity index (χ1v) is 5.76. The fourth-order valence-electron chi connectivity index (χ4n) is 1.55. The summed E-state index contributed by atoms with van der Waals surface area (Å²) in [6.45, 7) is -0.0575. The van der Waals surface area contributed by atoms with E-state index in [0.29, 0.717) is 5.69 Å². The van der Waals surface area contributed by atoms with Gasteiger partial charge in [-0.3, -0.25) is 9.48 Å². The molecular weight excluding hydrogens is 289 g/mol. The van der Waals surface area contributed by atoms with Gasteiger partial charge in [-0.25, -0.2) is 0 Å². The molecular formula is C12H11F3N4O2. The van der Waals surface area contributed by atoms with E-state index in [-0.39, 0.29) is 24.0 Å². The third-order valence-corrected chi connectivity index (χ3v) is 2.34. The predicted molar refractivity (Wildman–Crippen MR) is 68.4 cm³/mol. The lowest BCUT2D eigenvalue weighted by atomic mass is 10.3. The van der Waals surface area contributed by atoms with Gasteiger partial charge in [-0.2, -0.15) is 5.10 Å². The van der Waals surface area contributed by atoms with Crippen LogP contribution in [0.5, 0.6) is 5.75 Å². The number of nitrogen functional groups attached to an aromatic ring is 1. The molecule has 0 fully saturated rings. The van der Waals surface area contributed by atoms with Crippen LogP contribution in [0.1, 0.15) is 0 Å². The van der Waals surface area contributed by atoms with E-state index in [1.54, 1.807) is 0 Å². The number of halogens is 3. The Hall–Kier alpha value is -2.71. The number of amides is 1. The summed E-state index contributed by atoms with van der Waals surface area (Å²) in [7, 11) is 0. The second-order valence-electron chi connectivity index (χ2n) is 4.06. The van der Waals surface area contributed by atoms with Crippen molar-refractivity contribution in [1.82, 2.24) is 9.78 Å². The highest BCUT2D eigenvalue weighted by atomic mass is 19.4. The number of hydrogen-bond donors (Lipinski definition) is 2. The number of rotatable bonds is 4. The van der Waals surface area contributed by atoms with Crippen molar-refractivity contribution in [2.75, 3.05) is 11.1 Å². The van der Waals surface area contributed by atoms with E-state index in [0.717, 1.165) is 12.1 Å². The maximum atomic E-state index is 12.0. The molecule has 9 heteroatoms. The molecule has 1 amide bonds. The number of aromatic nitrogens is 2. The number of carbonyl (C=O) groups excluding carboxylic acids is 1. The molecule has 2 rings (SSSR count). The second kappa shape index (κ2) is 5.73. The van der Waals surface area contributed by atoms with Crippen LogP contribution in [0.2, 0.25) is 0 Å². The molecule has 0 unspecified atom stereocenters. The fourth-order valence-corrected chi connectivity index (χ4v) is 1.55. The van der Waals surface area contributed by atoms with Crippen LogP contribution in [0.4, 0.5) is 24.7 Å². The Kier molecular flexibility index (Phi) is 4.01. The van der Waals surface area contributed by atoms with E-state index >= 15 is 0 Å². The van der Waals surface area contributed by atoms with E-state index in [1.165, 1.54) is 29.1 Å². The fraction of sp³-hybridized carbons (Fsp3) is 0.167. The van der Waals surface area contributed by atoms with Gasteiger partial charge in [-0.15, -0.1) is 13.2 Å². The number of ether oxygens (including phenoxy) is 1. The maximum absolute atomic E-state index is 12.0. The van der Waals surface area contributed by atoms with Crippen LogP contribution in [0.15, 0.2) is 36.5 Å². The molecule has 1 aromatic carbocycles. The maximum Gasteiger partial charge on any atom is 0.573 e. The molecule has 0 saturated carbocycles. The zero-order valence-electron chi connectivity index (χ0n) is 10.6. The van der Waals surface area contributed by atoms with Crippen molar-refractivity contribution < 1.29 is 22.7 Å². The molecule has 0 bridgehead atoms. The summed E-state index contributed by atoms with van der Waals surface area (Å²) in [5, 5.41) is 6.35. The van der Waals surface area contributed by atoms with Gasteiger partial charge in [0.25, 0.3) is 0 Å². The van der Waals surface area contributed by atoms with Crippen molar-refractivity contribution in [3.63, 3.8) is 0 Å². The van der Waals surface area contributed by atoms with Crippen LogP contribution in [0.3, 0.4) is 0 Å². The number of anilines is 2. The number of nitrogens with one attached hydrogen (secondary N) is 1. The molecule has 21 heavy (non-hydrogen) atoms. The third kappa shape index (κ3) is 4.71. The van der Waals surface area contributed by atoms with Gasteiger partial charge >= 0.3 is 6.36 Å². The number of alkyl halides is 3. The standard InChI is InChI=1S/C12H11F3N4O2/c13-12(14,15)21-9-3-1-8(2-4-9)17-11(20)7-19-6-5-10(16)18-19/h1-6H,7H2,(H2,16,18)(H,17,20). The molecule has 0 aliphatic carbocycles. The first-order valence-electron chi connectivity index (χ1n) is 5.76. The minimum Gasteiger partial charge on any atom is -0.406 e. The van der Waals surface area contributed by atoms with Gasteiger partial charge in [-0.1, -0.05) is 0 Å². The van der Waals surface area contributed by atoms with Gasteiger partial charge in [0, 0.05) is 11.9 Å². The Labute approximate surface area is 117 Å². The SMILES string of the molecule is Nc1ccn(CC(=O)Nc2ccc(OC(F)(F)F)cc2)n1. The normalized spacial score (nSPS) is 11.2. The summed E-state index contributed by atoms with van der Waals surface area (Å²) in [6, 6.07) is 6.35. The first kappa shape index (κ1) is 14.7.